The minimum Gasteiger partial charge on any atom is -0.486 e. The SMILES string of the molecule is Cc1ccc(OCC(=O)NCCc2ccc3c(c2)OCCO3)c(C)c1. The average molecular weight is 341 g/mol. The smallest absolute Gasteiger partial charge is 0.257 e. The number of aryl methyl sites for hydroxylation is 2. The molecule has 0 unspecified atom stereocenters. The van der Waals surface area contributed by atoms with Crippen LogP contribution in [0.2, 0.25) is 0 Å². The molecule has 3 rings (SSSR count). The van der Waals surface area contributed by atoms with Gasteiger partial charge in [-0.3, -0.25) is 4.79 Å². The van der Waals surface area contributed by atoms with Crippen LogP contribution in [0.25, 0.3) is 0 Å². The molecule has 5 nitrogen and oxygen atoms in total. The maximum atomic E-state index is 11.9. The predicted molar refractivity (Wildman–Crippen MR) is 95.6 cm³/mol. The van der Waals surface area contributed by atoms with E-state index in [1.807, 2.05) is 50.2 Å². The quantitative estimate of drug-likeness (QED) is 0.878. The maximum Gasteiger partial charge on any atom is 0.257 e. The first kappa shape index (κ1) is 17.1. The molecule has 0 bridgehead atoms. The van der Waals surface area contributed by atoms with Crippen LogP contribution in [-0.2, 0) is 11.2 Å². The Morgan fingerprint density at radius 1 is 1.08 bits per heavy atom. The topological polar surface area (TPSA) is 56.8 Å². The summed E-state index contributed by atoms with van der Waals surface area (Å²) in [6, 6.07) is 11.8. The van der Waals surface area contributed by atoms with Crippen LogP contribution in [0.15, 0.2) is 36.4 Å². The number of amides is 1. The molecular weight excluding hydrogens is 318 g/mol. The second-order valence-electron chi connectivity index (χ2n) is 6.14. The number of hydrogen-bond acceptors (Lipinski definition) is 4. The number of rotatable bonds is 6. The van der Waals surface area contributed by atoms with Gasteiger partial charge in [-0.25, -0.2) is 0 Å². The van der Waals surface area contributed by atoms with E-state index in [-0.39, 0.29) is 12.5 Å². The van der Waals surface area contributed by atoms with Gasteiger partial charge in [0.05, 0.1) is 0 Å². The first-order valence-electron chi connectivity index (χ1n) is 8.47. The van der Waals surface area contributed by atoms with Crippen LogP contribution in [0.5, 0.6) is 17.2 Å². The molecule has 2 aromatic carbocycles. The molecule has 0 spiro atoms. The van der Waals surface area contributed by atoms with Gasteiger partial charge in [0.1, 0.15) is 19.0 Å². The molecule has 1 aliphatic heterocycles. The van der Waals surface area contributed by atoms with Gasteiger partial charge < -0.3 is 19.5 Å². The van der Waals surface area contributed by atoms with Crippen molar-refractivity contribution in [1.82, 2.24) is 5.32 Å². The van der Waals surface area contributed by atoms with Gasteiger partial charge in [0.15, 0.2) is 18.1 Å². The minimum atomic E-state index is -0.127. The Balaban J connectivity index is 1.43. The molecule has 0 aromatic heterocycles. The standard InChI is InChI=1S/C20H23NO4/c1-14-3-5-17(15(2)11-14)25-13-20(22)21-8-7-16-4-6-18-19(12-16)24-10-9-23-18/h3-6,11-12H,7-10,13H2,1-2H3,(H,21,22). The van der Waals surface area contributed by atoms with Crippen molar-refractivity contribution in [3.05, 3.63) is 53.1 Å². The molecule has 0 fully saturated rings. The number of carbonyl (C=O) groups excluding carboxylic acids is 1. The molecule has 1 heterocycles. The lowest BCUT2D eigenvalue weighted by molar-refractivity contribution is -0.123. The largest absolute Gasteiger partial charge is 0.486 e. The molecule has 5 heteroatoms. The summed E-state index contributed by atoms with van der Waals surface area (Å²) in [6.07, 6.45) is 0.728. The zero-order valence-electron chi connectivity index (χ0n) is 14.6. The van der Waals surface area contributed by atoms with Crippen LogP contribution in [0, 0.1) is 13.8 Å². The lowest BCUT2D eigenvalue weighted by atomic mass is 10.1. The molecular formula is C20H23NO4. The van der Waals surface area contributed by atoms with E-state index >= 15 is 0 Å². The lowest BCUT2D eigenvalue weighted by Gasteiger charge is -2.18. The Kier molecular flexibility index (Phi) is 5.43. The first-order chi connectivity index (χ1) is 12.1. The van der Waals surface area contributed by atoms with Gasteiger partial charge in [0.2, 0.25) is 0 Å². The molecule has 0 aliphatic carbocycles. The van der Waals surface area contributed by atoms with Crippen molar-refractivity contribution in [2.45, 2.75) is 20.3 Å². The Bertz CT molecular complexity index is 757. The Hall–Kier alpha value is -2.69. The molecule has 25 heavy (non-hydrogen) atoms. The van der Waals surface area contributed by atoms with Crippen molar-refractivity contribution in [2.24, 2.45) is 0 Å². The number of nitrogens with one attached hydrogen (secondary N) is 1. The van der Waals surface area contributed by atoms with Crippen molar-refractivity contribution in [3.63, 3.8) is 0 Å². The first-order valence-corrected chi connectivity index (χ1v) is 8.47. The zero-order chi connectivity index (χ0) is 17.6. The van der Waals surface area contributed by atoms with Crippen LogP contribution < -0.4 is 19.5 Å². The van der Waals surface area contributed by atoms with E-state index in [2.05, 4.69) is 5.32 Å². The predicted octanol–water partition coefficient (Wildman–Crippen LogP) is 2.81. The summed E-state index contributed by atoms with van der Waals surface area (Å²) in [5, 5.41) is 2.88. The Morgan fingerprint density at radius 3 is 2.68 bits per heavy atom. The van der Waals surface area contributed by atoms with Gasteiger partial charge in [-0.15, -0.1) is 0 Å². The van der Waals surface area contributed by atoms with Crippen molar-refractivity contribution < 1.29 is 19.0 Å². The average Bonchev–Trinajstić information content (AvgIpc) is 2.61. The van der Waals surface area contributed by atoms with Crippen LogP contribution in [0.3, 0.4) is 0 Å². The van der Waals surface area contributed by atoms with E-state index in [4.69, 9.17) is 14.2 Å². The van der Waals surface area contributed by atoms with E-state index < -0.39 is 0 Å². The molecule has 132 valence electrons. The number of ether oxygens (including phenoxy) is 3. The van der Waals surface area contributed by atoms with Crippen LogP contribution in [0.4, 0.5) is 0 Å². The molecule has 2 aromatic rings. The van der Waals surface area contributed by atoms with Crippen molar-refractivity contribution in [2.75, 3.05) is 26.4 Å². The van der Waals surface area contributed by atoms with Gasteiger partial charge in [0.25, 0.3) is 5.91 Å². The second kappa shape index (κ2) is 7.92. The van der Waals surface area contributed by atoms with Crippen LogP contribution >= 0.6 is 0 Å². The fourth-order valence-corrected chi connectivity index (χ4v) is 2.75. The normalized spacial score (nSPS) is 12.6. The zero-order valence-corrected chi connectivity index (χ0v) is 14.6. The highest BCUT2D eigenvalue weighted by Crippen LogP contribution is 2.30. The van der Waals surface area contributed by atoms with E-state index in [0.29, 0.717) is 19.8 Å². The number of benzene rings is 2. The summed E-state index contributed by atoms with van der Waals surface area (Å²) in [5.41, 5.74) is 3.30. The summed E-state index contributed by atoms with van der Waals surface area (Å²) in [7, 11) is 0. The summed E-state index contributed by atoms with van der Waals surface area (Å²) in [6.45, 7) is 5.73. The summed E-state index contributed by atoms with van der Waals surface area (Å²) >= 11 is 0. The molecule has 1 N–H and O–H groups in total. The highest BCUT2D eigenvalue weighted by molar-refractivity contribution is 5.77. The number of hydrogen-bond donors (Lipinski definition) is 1. The fourth-order valence-electron chi connectivity index (χ4n) is 2.75. The third-order valence-corrected chi connectivity index (χ3v) is 4.03. The third-order valence-electron chi connectivity index (χ3n) is 4.03. The van der Waals surface area contributed by atoms with E-state index in [1.165, 1.54) is 5.56 Å². The molecule has 1 aliphatic rings. The summed E-state index contributed by atoms with van der Waals surface area (Å²) in [5.74, 6) is 2.17. The van der Waals surface area contributed by atoms with Gasteiger partial charge in [0, 0.05) is 6.54 Å². The second-order valence-corrected chi connectivity index (χ2v) is 6.14. The van der Waals surface area contributed by atoms with E-state index in [1.54, 1.807) is 0 Å². The minimum absolute atomic E-state index is 0.0189. The van der Waals surface area contributed by atoms with Gasteiger partial charge >= 0.3 is 0 Å². The highest BCUT2D eigenvalue weighted by atomic mass is 16.6. The van der Waals surface area contributed by atoms with Crippen molar-refractivity contribution >= 4 is 5.91 Å². The highest BCUT2D eigenvalue weighted by Gasteiger charge is 2.11. The molecule has 1 amide bonds. The maximum absolute atomic E-state index is 11.9. The number of fused-ring (bicyclic) bond motifs is 1. The summed E-state index contributed by atoms with van der Waals surface area (Å²) < 4.78 is 16.6. The fraction of sp³-hybridized carbons (Fsp3) is 0.350. The number of carbonyl (C=O) groups is 1. The third kappa shape index (κ3) is 4.66. The summed E-state index contributed by atoms with van der Waals surface area (Å²) in [4.78, 5) is 11.9. The molecule has 0 saturated heterocycles. The van der Waals surface area contributed by atoms with Crippen molar-refractivity contribution in [1.29, 1.82) is 0 Å². The van der Waals surface area contributed by atoms with E-state index in [0.717, 1.165) is 34.8 Å². The Morgan fingerprint density at radius 2 is 1.88 bits per heavy atom. The molecule has 0 saturated carbocycles. The van der Waals surface area contributed by atoms with Gasteiger partial charge in [-0.1, -0.05) is 23.8 Å². The van der Waals surface area contributed by atoms with Crippen molar-refractivity contribution in [3.8, 4) is 17.2 Å². The van der Waals surface area contributed by atoms with Crippen LogP contribution in [0.1, 0.15) is 16.7 Å². The van der Waals surface area contributed by atoms with Gasteiger partial charge in [-0.05, 0) is 49.6 Å². The van der Waals surface area contributed by atoms with Gasteiger partial charge in [-0.2, -0.15) is 0 Å². The van der Waals surface area contributed by atoms with Crippen LogP contribution in [-0.4, -0.2) is 32.3 Å². The molecule has 0 radical (unpaired) electrons. The molecule has 0 atom stereocenters. The Labute approximate surface area is 147 Å². The monoisotopic (exact) mass is 341 g/mol. The lowest BCUT2D eigenvalue weighted by Crippen LogP contribution is -2.30. The van der Waals surface area contributed by atoms with E-state index in [9.17, 15) is 4.79 Å².